The van der Waals surface area contributed by atoms with Gasteiger partial charge in [0, 0.05) is 41.7 Å². The number of likely N-dealkylation sites (N-methyl/N-ethyl adjacent to an activating group) is 1. The van der Waals surface area contributed by atoms with E-state index in [-0.39, 0.29) is 16.9 Å². The van der Waals surface area contributed by atoms with Crippen LogP contribution in [-0.2, 0) is 13.0 Å². The fraction of sp³-hybridized carbons (Fsp3) is 0.565. The predicted octanol–water partition coefficient (Wildman–Crippen LogP) is 4.56. The molecular weight excluding hydrogens is 334 g/mol. The number of nitrogens with one attached hydrogen (secondary N) is 1. The Morgan fingerprint density at radius 1 is 1.19 bits per heavy atom. The third kappa shape index (κ3) is 4.49. The van der Waals surface area contributed by atoms with Gasteiger partial charge in [-0.25, -0.2) is 0 Å². The molecule has 0 atom stereocenters. The molecule has 1 aromatic heterocycles. The molecule has 0 spiro atoms. The highest BCUT2D eigenvalue weighted by atomic mass is 16.1. The molecule has 1 aromatic carbocycles. The molecule has 4 nitrogen and oxygen atoms in total. The molecule has 0 saturated heterocycles. The van der Waals surface area contributed by atoms with Crippen LogP contribution in [0.1, 0.15) is 69.6 Å². The minimum Gasteiger partial charge on any atom is -0.347 e. The van der Waals surface area contributed by atoms with Gasteiger partial charge in [0.25, 0.3) is 5.91 Å². The molecule has 27 heavy (non-hydrogen) atoms. The van der Waals surface area contributed by atoms with E-state index in [1.165, 1.54) is 0 Å². The van der Waals surface area contributed by atoms with Crippen molar-refractivity contribution in [2.24, 2.45) is 5.41 Å². The highest BCUT2D eigenvalue weighted by molar-refractivity contribution is 6.08. The first kappa shape index (κ1) is 19.8. The first-order valence-electron chi connectivity index (χ1n) is 10.0. The Morgan fingerprint density at radius 2 is 1.89 bits per heavy atom. The number of fused-ring (bicyclic) bond motifs is 2. The molecule has 3 rings (SSSR count). The number of para-hydroxylation sites is 1. The van der Waals surface area contributed by atoms with E-state index in [2.05, 4.69) is 51.8 Å². The number of hydrogen-bond acceptors (Lipinski definition) is 3. The summed E-state index contributed by atoms with van der Waals surface area (Å²) in [5, 5.41) is 4.28. The van der Waals surface area contributed by atoms with Crippen LogP contribution in [-0.4, -0.2) is 34.4 Å². The second-order valence-corrected chi connectivity index (χ2v) is 9.62. The number of carbonyl (C=O) groups excluding carboxylic acids is 1. The largest absolute Gasteiger partial charge is 0.347 e. The number of pyridine rings is 1. The monoisotopic (exact) mass is 367 g/mol. The molecular formula is C23H33N3O. The van der Waals surface area contributed by atoms with E-state index in [4.69, 9.17) is 4.98 Å². The van der Waals surface area contributed by atoms with Gasteiger partial charge in [-0.2, -0.15) is 0 Å². The number of carbonyl (C=O) groups is 1. The van der Waals surface area contributed by atoms with Crippen molar-refractivity contribution in [1.29, 1.82) is 0 Å². The summed E-state index contributed by atoms with van der Waals surface area (Å²) in [7, 11) is 0. The Bertz CT molecular complexity index is 849. The van der Waals surface area contributed by atoms with Crippen molar-refractivity contribution in [3.63, 3.8) is 0 Å². The van der Waals surface area contributed by atoms with Crippen molar-refractivity contribution in [1.82, 2.24) is 15.2 Å². The van der Waals surface area contributed by atoms with E-state index in [9.17, 15) is 4.79 Å². The normalized spacial score (nSPS) is 15.6. The van der Waals surface area contributed by atoms with Gasteiger partial charge in [0.1, 0.15) is 0 Å². The van der Waals surface area contributed by atoms with Gasteiger partial charge < -0.3 is 5.32 Å². The second kappa shape index (κ2) is 7.23. The molecule has 0 radical (unpaired) electrons. The highest BCUT2D eigenvalue weighted by Gasteiger charge is 2.30. The minimum absolute atomic E-state index is 0.0250. The Hall–Kier alpha value is -1.94. The molecule has 0 bridgehead atoms. The molecule has 4 heteroatoms. The third-order valence-electron chi connectivity index (χ3n) is 5.22. The lowest BCUT2D eigenvalue weighted by atomic mass is 9.81. The lowest BCUT2D eigenvalue weighted by Crippen LogP contribution is -2.46. The van der Waals surface area contributed by atoms with E-state index in [0.717, 1.165) is 60.2 Å². The van der Waals surface area contributed by atoms with Crippen molar-refractivity contribution in [2.75, 3.05) is 13.1 Å². The van der Waals surface area contributed by atoms with Crippen LogP contribution in [0.25, 0.3) is 10.9 Å². The van der Waals surface area contributed by atoms with Crippen molar-refractivity contribution >= 4 is 16.8 Å². The van der Waals surface area contributed by atoms with E-state index in [1.54, 1.807) is 0 Å². The summed E-state index contributed by atoms with van der Waals surface area (Å²) in [5.41, 5.74) is 3.79. The molecule has 1 amide bonds. The molecule has 146 valence electrons. The number of nitrogens with zero attached hydrogens (tertiary/aromatic N) is 2. The van der Waals surface area contributed by atoms with Crippen molar-refractivity contribution < 1.29 is 4.79 Å². The average Bonchev–Trinajstić information content (AvgIpc) is 2.56. The van der Waals surface area contributed by atoms with Crippen LogP contribution in [0.2, 0.25) is 0 Å². The second-order valence-electron chi connectivity index (χ2n) is 9.62. The van der Waals surface area contributed by atoms with Crippen LogP contribution in [0.4, 0.5) is 0 Å². The Balaban J connectivity index is 2.05. The van der Waals surface area contributed by atoms with E-state index in [0.29, 0.717) is 0 Å². The molecule has 2 heterocycles. The topological polar surface area (TPSA) is 45.2 Å². The number of hydrogen-bond donors (Lipinski definition) is 1. The van der Waals surface area contributed by atoms with E-state index in [1.807, 2.05) is 24.3 Å². The Kier molecular flexibility index (Phi) is 5.31. The highest BCUT2D eigenvalue weighted by Crippen LogP contribution is 2.30. The predicted molar refractivity (Wildman–Crippen MR) is 112 cm³/mol. The summed E-state index contributed by atoms with van der Waals surface area (Å²) < 4.78 is 0. The molecule has 0 saturated carbocycles. The number of benzene rings is 1. The van der Waals surface area contributed by atoms with Crippen LogP contribution in [0, 0.1) is 5.41 Å². The van der Waals surface area contributed by atoms with Crippen molar-refractivity contribution in [3.05, 3.63) is 41.1 Å². The quantitative estimate of drug-likeness (QED) is 0.862. The first-order chi connectivity index (χ1) is 12.6. The van der Waals surface area contributed by atoms with Crippen LogP contribution in [0.5, 0.6) is 0 Å². The maximum Gasteiger partial charge on any atom is 0.252 e. The fourth-order valence-electron chi connectivity index (χ4n) is 4.52. The fourth-order valence-corrected chi connectivity index (χ4v) is 4.52. The van der Waals surface area contributed by atoms with Crippen LogP contribution in [0.3, 0.4) is 0 Å². The summed E-state index contributed by atoms with van der Waals surface area (Å²) >= 11 is 0. The summed E-state index contributed by atoms with van der Waals surface area (Å²) in [6.45, 7) is 15.8. The summed E-state index contributed by atoms with van der Waals surface area (Å²) in [4.78, 5) is 20.7. The zero-order chi connectivity index (χ0) is 19.8. The zero-order valence-electron chi connectivity index (χ0n) is 17.6. The summed E-state index contributed by atoms with van der Waals surface area (Å²) in [6.07, 6.45) is 1.82. The van der Waals surface area contributed by atoms with Gasteiger partial charge >= 0.3 is 0 Å². The molecule has 2 aromatic rings. The van der Waals surface area contributed by atoms with Crippen LogP contribution in [0.15, 0.2) is 24.3 Å². The smallest absolute Gasteiger partial charge is 0.252 e. The Labute approximate surface area is 163 Å². The first-order valence-corrected chi connectivity index (χ1v) is 10.0. The van der Waals surface area contributed by atoms with Gasteiger partial charge in [-0.1, -0.05) is 45.9 Å². The number of aromatic nitrogens is 1. The van der Waals surface area contributed by atoms with Crippen molar-refractivity contribution in [2.45, 2.75) is 66.5 Å². The standard InChI is InChI=1S/C23H33N3O/c1-7-26-13-12-19-17(14-26)20(16-10-8-9-11-18(16)24-19)21(27)25-23(5,6)15-22(2,3)4/h8-11H,7,12-15H2,1-6H3,(H,25,27). The zero-order valence-corrected chi connectivity index (χ0v) is 17.6. The van der Waals surface area contributed by atoms with Gasteiger partial charge in [-0.05, 0) is 38.3 Å². The lowest BCUT2D eigenvalue weighted by Gasteiger charge is -2.34. The number of rotatable bonds is 4. The summed E-state index contributed by atoms with van der Waals surface area (Å²) in [5.74, 6) is 0.0250. The van der Waals surface area contributed by atoms with E-state index >= 15 is 0 Å². The molecule has 1 aliphatic rings. The Morgan fingerprint density at radius 3 is 2.56 bits per heavy atom. The molecule has 0 aliphatic carbocycles. The minimum atomic E-state index is -0.272. The lowest BCUT2D eigenvalue weighted by molar-refractivity contribution is 0.0890. The maximum atomic E-state index is 13.5. The van der Waals surface area contributed by atoms with E-state index < -0.39 is 0 Å². The van der Waals surface area contributed by atoms with Gasteiger partial charge in [0.05, 0.1) is 11.1 Å². The van der Waals surface area contributed by atoms with Crippen LogP contribution < -0.4 is 5.32 Å². The van der Waals surface area contributed by atoms with Crippen LogP contribution >= 0.6 is 0 Å². The third-order valence-corrected chi connectivity index (χ3v) is 5.22. The molecule has 1 N–H and O–H groups in total. The summed E-state index contributed by atoms with van der Waals surface area (Å²) in [6, 6.07) is 8.03. The average molecular weight is 368 g/mol. The molecule has 0 fully saturated rings. The van der Waals surface area contributed by atoms with Gasteiger partial charge in [0.2, 0.25) is 0 Å². The molecule has 1 aliphatic heterocycles. The van der Waals surface area contributed by atoms with Gasteiger partial charge in [-0.3, -0.25) is 14.7 Å². The maximum absolute atomic E-state index is 13.5. The molecule has 0 unspecified atom stereocenters. The number of amides is 1. The van der Waals surface area contributed by atoms with Crippen molar-refractivity contribution in [3.8, 4) is 0 Å². The van der Waals surface area contributed by atoms with Gasteiger partial charge in [-0.15, -0.1) is 0 Å². The SMILES string of the molecule is CCN1CCc2nc3ccccc3c(C(=O)NC(C)(C)CC(C)(C)C)c2C1. The van der Waals surface area contributed by atoms with Gasteiger partial charge in [0.15, 0.2) is 0 Å².